The van der Waals surface area contributed by atoms with Crippen LogP contribution in [0.15, 0.2) is 30.5 Å². The van der Waals surface area contributed by atoms with Gasteiger partial charge in [0, 0.05) is 34.3 Å². The fourth-order valence-electron chi connectivity index (χ4n) is 4.27. The van der Waals surface area contributed by atoms with Crippen molar-refractivity contribution in [3.8, 4) is 0 Å². The fourth-order valence-corrected chi connectivity index (χ4v) is 5.00. The first-order valence-electron chi connectivity index (χ1n) is 11.2. The van der Waals surface area contributed by atoms with Gasteiger partial charge in [0.05, 0.1) is 6.61 Å². The first-order valence-corrected chi connectivity index (χ1v) is 12.0. The monoisotopic (exact) mass is 465 g/mol. The van der Waals surface area contributed by atoms with Gasteiger partial charge in [-0.25, -0.2) is 9.18 Å². The van der Waals surface area contributed by atoms with Crippen LogP contribution in [0.3, 0.4) is 0 Å². The molecule has 1 saturated heterocycles. The molecule has 8 heteroatoms. The third-order valence-corrected chi connectivity index (χ3v) is 7.44. The molecular weight excluding hydrogens is 432 g/mol. The number of thiophene rings is 1. The number of pyridine rings is 1. The Morgan fingerprint density at radius 3 is 2.78 bits per heavy atom. The first kappa shape index (κ1) is 24.6. The lowest BCUT2D eigenvalue weighted by molar-refractivity contribution is 0.0463. The first-order chi connectivity index (χ1) is 15.2. The molecule has 3 heterocycles. The quantitative estimate of drug-likeness (QED) is 0.491. The summed E-state index contributed by atoms with van der Waals surface area (Å²) < 4.78 is 34.2. The predicted octanol–water partition coefficient (Wildman–Crippen LogP) is 5.58. The van der Waals surface area contributed by atoms with E-state index in [9.17, 15) is 9.18 Å². The highest BCUT2D eigenvalue weighted by atomic mass is 32.1. The van der Waals surface area contributed by atoms with Crippen LogP contribution in [0.1, 0.15) is 56.2 Å². The number of alkyl halides is 1. The Balaban J connectivity index is 1.79. The maximum Gasteiger partial charge on any atom is 0.409 e. The Labute approximate surface area is 193 Å². The number of aryl methyl sites for hydroxylation is 2. The smallest absolute Gasteiger partial charge is 0.409 e. The molecule has 1 aliphatic heterocycles. The topological polar surface area (TPSA) is 54.5 Å². The Morgan fingerprint density at radius 1 is 1.38 bits per heavy atom. The minimum absolute atomic E-state index is 0.242. The number of amides is 1. The summed E-state index contributed by atoms with van der Waals surface area (Å²) in [5, 5.41) is 2.18. The molecule has 1 unspecified atom stereocenters. The van der Waals surface area contributed by atoms with Crippen LogP contribution in [0.25, 0.3) is 0 Å². The molecule has 1 amide bonds. The van der Waals surface area contributed by atoms with E-state index < -0.39 is 17.8 Å². The van der Waals surface area contributed by atoms with Crippen LogP contribution in [0.4, 0.5) is 13.6 Å². The predicted molar refractivity (Wildman–Crippen MR) is 123 cm³/mol. The second kappa shape index (κ2) is 10.3. The molecule has 1 fully saturated rings. The lowest BCUT2D eigenvalue weighted by atomic mass is 9.80. The zero-order valence-electron chi connectivity index (χ0n) is 19.3. The van der Waals surface area contributed by atoms with Crippen molar-refractivity contribution < 1.29 is 18.3 Å². The number of carbonyl (C=O) groups is 1. The molecule has 0 bridgehead atoms. The zero-order chi connectivity index (χ0) is 23.4. The zero-order valence-corrected chi connectivity index (χ0v) is 20.1. The van der Waals surface area contributed by atoms with Crippen molar-refractivity contribution in [3.63, 3.8) is 0 Å². The van der Waals surface area contributed by atoms with Crippen LogP contribution in [0.5, 0.6) is 0 Å². The van der Waals surface area contributed by atoms with E-state index in [0.717, 1.165) is 27.5 Å². The van der Waals surface area contributed by atoms with Crippen LogP contribution in [0.2, 0.25) is 0 Å². The Bertz CT molecular complexity index is 903. The summed E-state index contributed by atoms with van der Waals surface area (Å²) in [4.78, 5) is 19.6. The number of halogens is 2. The summed E-state index contributed by atoms with van der Waals surface area (Å²) in [7, 11) is 0. The second-order valence-electron chi connectivity index (χ2n) is 9.13. The minimum Gasteiger partial charge on any atom is -0.450 e. The molecule has 1 N–H and O–H groups in total. The fraction of sp³-hybridized carbons (Fsp3) is 0.583. The van der Waals surface area contributed by atoms with E-state index >= 15 is 4.39 Å². The summed E-state index contributed by atoms with van der Waals surface area (Å²) in [6.07, 6.45) is 1.89. The van der Waals surface area contributed by atoms with Crippen molar-refractivity contribution in [2.24, 2.45) is 5.41 Å². The van der Waals surface area contributed by atoms with Gasteiger partial charge in [0.25, 0.3) is 0 Å². The highest BCUT2D eigenvalue weighted by Crippen LogP contribution is 2.44. The number of hydrogen-bond donors (Lipinski definition) is 1. The number of nitrogens with one attached hydrogen (secondary N) is 1. The van der Waals surface area contributed by atoms with Gasteiger partial charge in [0.15, 0.2) is 11.4 Å². The molecule has 3 rings (SSSR count). The third kappa shape index (κ3) is 5.64. The normalized spacial score (nSPS) is 20.3. The molecule has 32 heavy (non-hydrogen) atoms. The molecule has 0 spiro atoms. The Morgan fingerprint density at radius 2 is 2.16 bits per heavy atom. The Kier molecular flexibility index (Phi) is 7.88. The largest absolute Gasteiger partial charge is 0.450 e. The van der Waals surface area contributed by atoms with Gasteiger partial charge < -0.3 is 4.74 Å². The molecule has 2 aromatic rings. The van der Waals surface area contributed by atoms with E-state index in [0.29, 0.717) is 38.8 Å². The number of likely N-dealkylation sites (tertiary alicyclic amines) is 1. The van der Waals surface area contributed by atoms with E-state index in [1.54, 1.807) is 6.07 Å². The van der Waals surface area contributed by atoms with Gasteiger partial charge in [-0.2, -0.15) is 4.39 Å². The summed E-state index contributed by atoms with van der Waals surface area (Å²) in [6.45, 7) is 9.46. The van der Waals surface area contributed by atoms with Crippen LogP contribution in [0, 0.1) is 17.5 Å². The van der Waals surface area contributed by atoms with Crippen molar-refractivity contribution in [2.45, 2.75) is 65.2 Å². The van der Waals surface area contributed by atoms with Gasteiger partial charge in [-0.05, 0) is 76.8 Å². The van der Waals surface area contributed by atoms with Crippen molar-refractivity contribution >= 4 is 17.4 Å². The van der Waals surface area contributed by atoms with E-state index in [1.807, 2.05) is 26.1 Å². The highest BCUT2D eigenvalue weighted by Gasteiger charge is 2.49. The highest BCUT2D eigenvalue weighted by molar-refractivity contribution is 7.10. The van der Waals surface area contributed by atoms with E-state index in [2.05, 4.69) is 35.1 Å². The van der Waals surface area contributed by atoms with Crippen LogP contribution >= 0.6 is 11.3 Å². The molecule has 0 saturated carbocycles. The van der Waals surface area contributed by atoms with Crippen molar-refractivity contribution in [2.75, 3.05) is 19.7 Å². The number of aromatic nitrogens is 1. The average Bonchev–Trinajstić information content (AvgIpc) is 3.38. The lowest BCUT2D eigenvalue weighted by Crippen LogP contribution is -2.49. The van der Waals surface area contributed by atoms with Crippen LogP contribution in [-0.2, 0) is 16.7 Å². The molecular formula is C24H33F2N3O2S. The SMILES string of the molecule is CCCOC(=O)N[C@@H](F)C1(CCc2ccc(F)s2)CCN(C(C)(C)c2ccc(C)nc2)C1. The van der Waals surface area contributed by atoms with E-state index in [-0.39, 0.29) is 17.3 Å². The van der Waals surface area contributed by atoms with E-state index in [4.69, 9.17) is 4.74 Å². The van der Waals surface area contributed by atoms with Crippen molar-refractivity contribution in [1.82, 2.24) is 15.2 Å². The molecule has 5 nitrogen and oxygen atoms in total. The average molecular weight is 466 g/mol. The van der Waals surface area contributed by atoms with Gasteiger partial charge in [0.2, 0.25) is 0 Å². The molecule has 1 aliphatic rings. The van der Waals surface area contributed by atoms with Crippen LogP contribution in [-0.4, -0.2) is 42.0 Å². The molecule has 2 atom stereocenters. The number of hydrogen-bond acceptors (Lipinski definition) is 5. The van der Waals surface area contributed by atoms with Gasteiger partial charge in [-0.3, -0.25) is 15.2 Å². The summed E-state index contributed by atoms with van der Waals surface area (Å²) in [6, 6.07) is 7.23. The summed E-state index contributed by atoms with van der Waals surface area (Å²) in [5.41, 5.74) is 0.869. The number of nitrogens with zero attached hydrogens (tertiary/aromatic N) is 2. The molecule has 0 aliphatic carbocycles. The maximum absolute atomic E-state index is 15.6. The standard InChI is InChI=1S/C24H33F2N3O2S/c1-5-14-31-22(30)28-21(26)24(11-10-19-8-9-20(25)32-19)12-13-29(16-24)23(3,4)18-7-6-17(2)27-15-18/h6-9,15,21H,5,10-14,16H2,1-4H3,(H,28,30)/t21-,24?/m1/s1. The second-order valence-corrected chi connectivity index (χ2v) is 10.2. The molecule has 176 valence electrons. The maximum atomic E-state index is 15.6. The third-order valence-electron chi connectivity index (χ3n) is 6.51. The number of rotatable bonds is 9. The Hall–Kier alpha value is -2.06. The van der Waals surface area contributed by atoms with Gasteiger partial charge in [-0.1, -0.05) is 13.0 Å². The molecule has 2 aromatic heterocycles. The summed E-state index contributed by atoms with van der Waals surface area (Å²) in [5.74, 6) is 0. The molecule has 0 radical (unpaired) electrons. The summed E-state index contributed by atoms with van der Waals surface area (Å²) >= 11 is 1.09. The van der Waals surface area contributed by atoms with Gasteiger partial charge in [0.1, 0.15) is 0 Å². The lowest BCUT2D eigenvalue weighted by Gasteiger charge is -2.39. The van der Waals surface area contributed by atoms with Crippen LogP contribution < -0.4 is 5.32 Å². The van der Waals surface area contributed by atoms with Gasteiger partial charge >= 0.3 is 6.09 Å². The number of carbonyl (C=O) groups excluding carboxylic acids is 1. The van der Waals surface area contributed by atoms with E-state index in [1.165, 1.54) is 6.07 Å². The van der Waals surface area contributed by atoms with Crippen molar-refractivity contribution in [1.29, 1.82) is 0 Å². The number of alkyl carbamates (subject to hydrolysis) is 1. The van der Waals surface area contributed by atoms with Gasteiger partial charge in [-0.15, -0.1) is 11.3 Å². The molecule has 0 aromatic carbocycles. The van der Waals surface area contributed by atoms with Crippen molar-refractivity contribution in [3.05, 3.63) is 51.7 Å². The number of ether oxygens (including phenoxy) is 1. The minimum atomic E-state index is -1.56.